The van der Waals surface area contributed by atoms with Crippen LogP contribution in [0.3, 0.4) is 0 Å². The van der Waals surface area contributed by atoms with Crippen LogP contribution in [0, 0.1) is 0 Å². The maximum Gasteiger partial charge on any atom is 0.338 e. The Morgan fingerprint density at radius 2 is 1.92 bits per heavy atom. The minimum Gasteiger partial charge on any atom is -0.462 e. The molecule has 24 heavy (non-hydrogen) atoms. The van der Waals surface area contributed by atoms with Gasteiger partial charge in [0.25, 0.3) is 0 Å². The molecule has 0 aliphatic rings. The van der Waals surface area contributed by atoms with E-state index in [0.29, 0.717) is 22.9 Å². The highest BCUT2D eigenvalue weighted by Gasteiger charge is 2.06. The molecule has 0 spiro atoms. The molecule has 2 rings (SSSR count). The molecule has 0 aliphatic carbocycles. The Kier molecular flexibility index (Phi) is 6.58. The standard InChI is InChI=1S/C19H18ClNO3/c1-2-12-24-19(23)15-7-9-17(10-8-15)21-18(22)11-6-14-4-3-5-16(20)13-14/h3-11,13H,2,12H2,1H3,(H,21,22). The van der Waals surface area contributed by atoms with Crippen LogP contribution in [-0.4, -0.2) is 18.5 Å². The fourth-order valence-electron chi connectivity index (χ4n) is 1.93. The van der Waals surface area contributed by atoms with E-state index in [2.05, 4.69) is 5.32 Å². The lowest BCUT2D eigenvalue weighted by atomic mass is 10.2. The molecule has 0 aromatic heterocycles. The van der Waals surface area contributed by atoms with Gasteiger partial charge in [0.2, 0.25) is 5.91 Å². The highest BCUT2D eigenvalue weighted by molar-refractivity contribution is 6.30. The summed E-state index contributed by atoms with van der Waals surface area (Å²) in [6.45, 7) is 2.33. The van der Waals surface area contributed by atoms with Crippen LogP contribution in [0.2, 0.25) is 5.02 Å². The molecule has 0 heterocycles. The highest BCUT2D eigenvalue weighted by atomic mass is 35.5. The maximum atomic E-state index is 11.9. The van der Waals surface area contributed by atoms with E-state index in [-0.39, 0.29) is 11.9 Å². The number of benzene rings is 2. The Bertz CT molecular complexity index is 739. The third-order valence-electron chi connectivity index (χ3n) is 3.10. The first-order valence-corrected chi connectivity index (χ1v) is 7.98. The quantitative estimate of drug-likeness (QED) is 0.618. The lowest BCUT2D eigenvalue weighted by molar-refractivity contribution is -0.111. The van der Waals surface area contributed by atoms with E-state index >= 15 is 0 Å². The van der Waals surface area contributed by atoms with E-state index in [1.165, 1.54) is 6.08 Å². The van der Waals surface area contributed by atoms with E-state index in [9.17, 15) is 9.59 Å². The van der Waals surface area contributed by atoms with Gasteiger partial charge in [-0.05, 0) is 54.5 Å². The van der Waals surface area contributed by atoms with Crippen molar-refractivity contribution in [3.8, 4) is 0 Å². The zero-order chi connectivity index (χ0) is 17.4. The summed E-state index contributed by atoms with van der Waals surface area (Å²) < 4.78 is 5.05. The second-order valence-corrected chi connectivity index (χ2v) is 5.53. The molecule has 0 unspecified atom stereocenters. The number of carbonyl (C=O) groups excluding carboxylic acids is 2. The zero-order valence-corrected chi connectivity index (χ0v) is 14.0. The van der Waals surface area contributed by atoms with E-state index in [0.717, 1.165) is 12.0 Å². The molecule has 0 bridgehead atoms. The summed E-state index contributed by atoms with van der Waals surface area (Å²) in [6.07, 6.45) is 3.88. The Balaban J connectivity index is 1.93. The van der Waals surface area contributed by atoms with Crippen LogP contribution in [0.1, 0.15) is 29.3 Å². The fraction of sp³-hybridized carbons (Fsp3) is 0.158. The first kappa shape index (κ1) is 17.8. The van der Waals surface area contributed by atoms with Gasteiger partial charge >= 0.3 is 5.97 Å². The van der Waals surface area contributed by atoms with Gasteiger partial charge in [-0.15, -0.1) is 0 Å². The van der Waals surface area contributed by atoms with Gasteiger partial charge in [0.05, 0.1) is 12.2 Å². The number of nitrogens with one attached hydrogen (secondary N) is 1. The van der Waals surface area contributed by atoms with Crippen molar-refractivity contribution in [2.45, 2.75) is 13.3 Å². The minimum atomic E-state index is -0.365. The zero-order valence-electron chi connectivity index (χ0n) is 13.3. The molecule has 2 aromatic carbocycles. The first-order valence-electron chi connectivity index (χ1n) is 7.60. The summed E-state index contributed by atoms with van der Waals surface area (Å²) in [6, 6.07) is 13.8. The third kappa shape index (κ3) is 5.56. The number of carbonyl (C=O) groups is 2. The molecular weight excluding hydrogens is 326 g/mol. The number of esters is 1. The second-order valence-electron chi connectivity index (χ2n) is 5.09. The van der Waals surface area contributed by atoms with Gasteiger partial charge < -0.3 is 10.1 Å². The Morgan fingerprint density at radius 3 is 2.58 bits per heavy atom. The molecule has 4 nitrogen and oxygen atoms in total. The van der Waals surface area contributed by atoms with Gasteiger partial charge in [0, 0.05) is 16.8 Å². The third-order valence-corrected chi connectivity index (χ3v) is 3.34. The summed E-state index contributed by atoms with van der Waals surface area (Å²) in [5, 5.41) is 3.34. The van der Waals surface area contributed by atoms with Crippen LogP contribution in [0.25, 0.3) is 6.08 Å². The van der Waals surface area contributed by atoms with Gasteiger partial charge in [-0.2, -0.15) is 0 Å². The van der Waals surface area contributed by atoms with Gasteiger partial charge in [-0.1, -0.05) is 30.7 Å². The highest BCUT2D eigenvalue weighted by Crippen LogP contribution is 2.13. The Labute approximate surface area is 146 Å². The molecule has 0 saturated carbocycles. The number of hydrogen-bond donors (Lipinski definition) is 1. The van der Waals surface area contributed by atoms with Crippen molar-refractivity contribution in [3.05, 3.63) is 70.8 Å². The molecule has 0 atom stereocenters. The normalized spacial score (nSPS) is 10.6. The first-order chi connectivity index (χ1) is 11.6. The molecule has 0 radical (unpaired) electrons. The van der Waals surface area contributed by atoms with Crippen molar-refractivity contribution in [1.82, 2.24) is 0 Å². The van der Waals surface area contributed by atoms with Crippen LogP contribution in [-0.2, 0) is 9.53 Å². The molecule has 2 aromatic rings. The van der Waals surface area contributed by atoms with E-state index < -0.39 is 0 Å². The predicted molar refractivity (Wildman–Crippen MR) is 96.1 cm³/mol. The van der Waals surface area contributed by atoms with Crippen LogP contribution in [0.4, 0.5) is 5.69 Å². The number of amides is 1. The Hall–Kier alpha value is -2.59. The molecule has 0 saturated heterocycles. The molecule has 1 N–H and O–H groups in total. The predicted octanol–water partition coefficient (Wildman–Crippen LogP) is 4.56. The number of hydrogen-bond acceptors (Lipinski definition) is 3. The summed E-state index contributed by atoms with van der Waals surface area (Å²) in [4.78, 5) is 23.6. The summed E-state index contributed by atoms with van der Waals surface area (Å²) in [5.41, 5.74) is 1.89. The summed E-state index contributed by atoms with van der Waals surface area (Å²) in [7, 11) is 0. The van der Waals surface area contributed by atoms with Crippen molar-refractivity contribution >= 4 is 35.2 Å². The SMILES string of the molecule is CCCOC(=O)c1ccc(NC(=O)C=Cc2cccc(Cl)c2)cc1. The van der Waals surface area contributed by atoms with Gasteiger partial charge in [0.15, 0.2) is 0 Å². The van der Waals surface area contributed by atoms with Crippen molar-refractivity contribution in [1.29, 1.82) is 0 Å². The summed E-state index contributed by atoms with van der Waals surface area (Å²) >= 11 is 5.89. The average Bonchev–Trinajstić information content (AvgIpc) is 2.58. The van der Waals surface area contributed by atoms with E-state index in [1.54, 1.807) is 42.5 Å². The molecule has 0 fully saturated rings. The number of halogens is 1. The van der Waals surface area contributed by atoms with Crippen LogP contribution < -0.4 is 5.32 Å². The molecule has 0 aliphatic heterocycles. The fourth-order valence-corrected chi connectivity index (χ4v) is 2.13. The number of rotatable bonds is 6. The lowest BCUT2D eigenvalue weighted by Crippen LogP contribution is -2.09. The number of ether oxygens (including phenoxy) is 1. The smallest absolute Gasteiger partial charge is 0.338 e. The lowest BCUT2D eigenvalue weighted by Gasteiger charge is -2.05. The number of anilines is 1. The monoisotopic (exact) mass is 343 g/mol. The summed E-state index contributed by atoms with van der Waals surface area (Å²) in [5.74, 6) is -0.633. The van der Waals surface area contributed by atoms with E-state index in [1.807, 2.05) is 19.1 Å². The topological polar surface area (TPSA) is 55.4 Å². The molecular formula is C19H18ClNO3. The van der Waals surface area contributed by atoms with Crippen molar-refractivity contribution in [2.24, 2.45) is 0 Å². The largest absolute Gasteiger partial charge is 0.462 e. The van der Waals surface area contributed by atoms with Crippen molar-refractivity contribution in [3.63, 3.8) is 0 Å². The second kappa shape index (κ2) is 8.89. The van der Waals surface area contributed by atoms with E-state index in [4.69, 9.17) is 16.3 Å². The minimum absolute atomic E-state index is 0.267. The van der Waals surface area contributed by atoms with Crippen LogP contribution in [0.5, 0.6) is 0 Å². The van der Waals surface area contributed by atoms with Gasteiger partial charge in [0.1, 0.15) is 0 Å². The van der Waals surface area contributed by atoms with Crippen molar-refractivity contribution < 1.29 is 14.3 Å². The Morgan fingerprint density at radius 1 is 1.17 bits per heavy atom. The maximum absolute atomic E-state index is 11.9. The van der Waals surface area contributed by atoms with Gasteiger partial charge in [-0.25, -0.2) is 4.79 Å². The molecule has 124 valence electrons. The van der Waals surface area contributed by atoms with Crippen LogP contribution in [0.15, 0.2) is 54.6 Å². The molecule has 5 heteroatoms. The van der Waals surface area contributed by atoms with Gasteiger partial charge in [-0.3, -0.25) is 4.79 Å². The van der Waals surface area contributed by atoms with Crippen LogP contribution >= 0.6 is 11.6 Å². The average molecular weight is 344 g/mol. The molecule has 1 amide bonds. The van der Waals surface area contributed by atoms with Crippen molar-refractivity contribution in [2.75, 3.05) is 11.9 Å².